The Labute approximate surface area is 176 Å². The second-order valence-corrected chi connectivity index (χ2v) is 13.2. The molecule has 3 heterocycles. The fourth-order valence-electron chi connectivity index (χ4n) is 3.03. The molecule has 7 nitrogen and oxygen atoms in total. The van der Waals surface area contributed by atoms with E-state index in [1.165, 1.54) is 28.0 Å². The lowest BCUT2D eigenvalue weighted by Gasteiger charge is -2.33. The first kappa shape index (κ1) is 20.0. The number of sulfone groups is 1. The molecule has 0 N–H and O–H groups in total. The van der Waals surface area contributed by atoms with Crippen LogP contribution in [0.25, 0.3) is 10.2 Å². The Balaban J connectivity index is 1.56. The number of halogens is 1. The summed E-state index contributed by atoms with van der Waals surface area (Å²) in [5.74, 6) is 0. The first-order valence-corrected chi connectivity index (χ1v) is 13.6. The van der Waals surface area contributed by atoms with Crippen LogP contribution in [-0.2, 0) is 19.9 Å². The first-order chi connectivity index (χ1) is 13.2. The van der Waals surface area contributed by atoms with E-state index in [4.69, 9.17) is 11.6 Å². The van der Waals surface area contributed by atoms with E-state index in [2.05, 4.69) is 4.98 Å². The van der Waals surface area contributed by atoms with Crippen molar-refractivity contribution in [2.75, 3.05) is 37.3 Å². The van der Waals surface area contributed by atoms with Crippen LogP contribution < -0.4 is 4.90 Å². The van der Waals surface area contributed by atoms with E-state index in [-0.39, 0.29) is 9.10 Å². The number of nitrogens with zero attached hydrogens (tertiary/aromatic N) is 3. The minimum Gasteiger partial charge on any atom is -0.345 e. The van der Waals surface area contributed by atoms with Gasteiger partial charge >= 0.3 is 0 Å². The van der Waals surface area contributed by atoms with Gasteiger partial charge < -0.3 is 4.90 Å². The van der Waals surface area contributed by atoms with Crippen molar-refractivity contribution in [1.82, 2.24) is 9.29 Å². The third kappa shape index (κ3) is 3.66. The van der Waals surface area contributed by atoms with E-state index in [0.29, 0.717) is 41.2 Å². The molecular weight excluding hydrogens is 462 g/mol. The number of aromatic nitrogens is 1. The van der Waals surface area contributed by atoms with Crippen molar-refractivity contribution in [3.63, 3.8) is 0 Å². The predicted octanol–water partition coefficient (Wildman–Crippen LogP) is 2.93. The number of thiophene rings is 1. The molecule has 0 amide bonds. The van der Waals surface area contributed by atoms with Crippen LogP contribution in [0.4, 0.5) is 5.13 Å². The lowest BCUT2D eigenvalue weighted by molar-refractivity contribution is 0.386. The maximum atomic E-state index is 12.7. The summed E-state index contributed by atoms with van der Waals surface area (Å²) in [5.41, 5.74) is 0.466. The molecule has 1 aliphatic rings. The van der Waals surface area contributed by atoms with Crippen LogP contribution in [0.3, 0.4) is 0 Å². The lowest BCUT2D eigenvalue weighted by atomic mass is 10.3. The molecule has 1 aliphatic heterocycles. The normalized spacial score (nSPS) is 16.7. The number of fused-ring (bicyclic) bond motifs is 1. The maximum Gasteiger partial charge on any atom is 0.252 e. The van der Waals surface area contributed by atoms with Gasteiger partial charge in [0.15, 0.2) is 15.0 Å². The largest absolute Gasteiger partial charge is 0.345 e. The zero-order valence-corrected chi connectivity index (χ0v) is 18.7. The van der Waals surface area contributed by atoms with Gasteiger partial charge in [-0.1, -0.05) is 29.0 Å². The minimum absolute atomic E-state index is 0.211. The number of piperazine rings is 1. The van der Waals surface area contributed by atoms with Gasteiger partial charge in [0.05, 0.1) is 13.9 Å². The third-order valence-electron chi connectivity index (χ3n) is 4.42. The number of para-hydroxylation sites is 1. The summed E-state index contributed by atoms with van der Waals surface area (Å²) >= 11 is 8.33. The van der Waals surface area contributed by atoms with Gasteiger partial charge in [-0.3, -0.25) is 0 Å². The molecule has 0 radical (unpaired) electrons. The molecule has 4 rings (SSSR count). The summed E-state index contributed by atoms with van der Waals surface area (Å²) in [6.45, 7) is 1.61. The second kappa shape index (κ2) is 7.22. The molecule has 0 spiro atoms. The highest BCUT2D eigenvalue weighted by Crippen LogP contribution is 2.34. The molecule has 1 fully saturated rings. The van der Waals surface area contributed by atoms with Crippen LogP contribution in [-0.4, -0.2) is 58.6 Å². The Morgan fingerprint density at radius 1 is 1.00 bits per heavy atom. The average Bonchev–Trinajstić information content (AvgIpc) is 3.27. The fraction of sp³-hybridized carbons (Fsp3) is 0.312. The summed E-state index contributed by atoms with van der Waals surface area (Å²) < 4.78 is 52.3. The molecule has 0 unspecified atom stereocenters. The molecular formula is C16H16ClN3O4S4. The Bertz CT molecular complexity index is 1240. The number of benzene rings is 1. The summed E-state index contributed by atoms with van der Waals surface area (Å²) in [6.07, 6.45) is 1.17. The molecule has 150 valence electrons. The van der Waals surface area contributed by atoms with E-state index >= 15 is 0 Å². The zero-order valence-electron chi connectivity index (χ0n) is 14.7. The van der Waals surface area contributed by atoms with E-state index in [1.54, 1.807) is 18.2 Å². The van der Waals surface area contributed by atoms with Crippen LogP contribution in [0.2, 0.25) is 4.34 Å². The van der Waals surface area contributed by atoms with E-state index in [0.717, 1.165) is 16.0 Å². The summed E-state index contributed by atoms with van der Waals surface area (Å²) in [7, 11) is -6.93. The number of thiazole rings is 1. The van der Waals surface area contributed by atoms with Gasteiger partial charge in [0, 0.05) is 32.4 Å². The molecule has 2 aromatic heterocycles. The van der Waals surface area contributed by atoms with Crippen molar-refractivity contribution in [3.8, 4) is 0 Å². The van der Waals surface area contributed by atoms with E-state index < -0.39 is 19.9 Å². The minimum atomic E-state index is -3.55. The molecule has 1 aromatic carbocycles. The Kier molecular flexibility index (Phi) is 5.17. The number of anilines is 1. The zero-order chi connectivity index (χ0) is 20.1. The van der Waals surface area contributed by atoms with Crippen molar-refractivity contribution in [2.45, 2.75) is 9.10 Å². The van der Waals surface area contributed by atoms with Gasteiger partial charge in [0.2, 0.25) is 0 Å². The monoisotopic (exact) mass is 477 g/mol. The molecule has 0 saturated carbocycles. The summed E-state index contributed by atoms with van der Waals surface area (Å²) in [4.78, 5) is 6.74. The fourth-order valence-corrected chi connectivity index (χ4v) is 8.03. The van der Waals surface area contributed by atoms with Gasteiger partial charge in [-0.25, -0.2) is 21.8 Å². The van der Waals surface area contributed by atoms with Crippen LogP contribution in [0.5, 0.6) is 0 Å². The maximum absolute atomic E-state index is 12.7. The Morgan fingerprint density at radius 3 is 2.32 bits per heavy atom. The Hall–Kier alpha value is -1.24. The second-order valence-electron chi connectivity index (χ2n) is 6.32. The number of hydrogen-bond donors (Lipinski definition) is 0. The molecule has 12 heteroatoms. The molecule has 0 atom stereocenters. The van der Waals surface area contributed by atoms with Gasteiger partial charge in [-0.05, 0) is 24.3 Å². The topological polar surface area (TPSA) is 87.7 Å². The van der Waals surface area contributed by atoms with Crippen molar-refractivity contribution in [1.29, 1.82) is 0 Å². The average molecular weight is 478 g/mol. The summed E-state index contributed by atoms with van der Waals surface area (Å²) in [5, 5.41) is 0.697. The highest BCUT2D eigenvalue weighted by molar-refractivity contribution is 7.91. The van der Waals surface area contributed by atoms with Gasteiger partial charge in [-0.2, -0.15) is 4.31 Å². The molecule has 0 bridgehead atoms. The van der Waals surface area contributed by atoms with Gasteiger partial charge in [-0.15, -0.1) is 11.3 Å². The van der Waals surface area contributed by atoms with Crippen LogP contribution in [0.15, 0.2) is 39.4 Å². The first-order valence-electron chi connectivity index (χ1n) is 8.26. The number of rotatable bonds is 4. The van der Waals surface area contributed by atoms with Crippen LogP contribution in [0.1, 0.15) is 0 Å². The predicted molar refractivity (Wildman–Crippen MR) is 113 cm³/mol. The highest BCUT2D eigenvalue weighted by atomic mass is 35.5. The van der Waals surface area contributed by atoms with Gasteiger partial charge in [0.25, 0.3) is 10.0 Å². The standard InChI is InChI=1S/C16H16ClN3O4S4/c1-27(21,22)12-4-2-3-11-15(12)18-16(25-11)19-7-9-20(10-8-19)28(23,24)14-6-5-13(17)26-14/h2-6H,7-10H2,1H3. The molecule has 3 aromatic rings. The van der Waals surface area contributed by atoms with Crippen molar-refractivity contribution < 1.29 is 16.8 Å². The Morgan fingerprint density at radius 2 is 1.71 bits per heavy atom. The van der Waals surface area contributed by atoms with Crippen molar-refractivity contribution >= 4 is 69.5 Å². The SMILES string of the molecule is CS(=O)(=O)c1cccc2sc(N3CCN(S(=O)(=O)c4ccc(Cl)s4)CC3)nc12. The number of hydrogen-bond acceptors (Lipinski definition) is 8. The third-order valence-corrected chi connectivity index (χ3v) is 10.2. The van der Waals surface area contributed by atoms with Crippen LogP contribution >= 0.6 is 34.3 Å². The molecule has 1 saturated heterocycles. The van der Waals surface area contributed by atoms with Crippen molar-refractivity contribution in [2.24, 2.45) is 0 Å². The quantitative estimate of drug-likeness (QED) is 0.574. The van der Waals surface area contributed by atoms with E-state index in [1.807, 2.05) is 11.0 Å². The van der Waals surface area contributed by atoms with Crippen molar-refractivity contribution in [3.05, 3.63) is 34.7 Å². The van der Waals surface area contributed by atoms with Crippen LogP contribution in [0, 0.1) is 0 Å². The van der Waals surface area contributed by atoms with Gasteiger partial charge in [0.1, 0.15) is 9.73 Å². The smallest absolute Gasteiger partial charge is 0.252 e. The molecule has 0 aliphatic carbocycles. The van der Waals surface area contributed by atoms with E-state index in [9.17, 15) is 16.8 Å². The molecule has 28 heavy (non-hydrogen) atoms. The number of sulfonamides is 1. The lowest BCUT2D eigenvalue weighted by Crippen LogP contribution is -2.48. The summed E-state index contributed by atoms with van der Waals surface area (Å²) in [6, 6.07) is 8.20. The highest BCUT2D eigenvalue weighted by Gasteiger charge is 2.30.